The molecule has 0 heterocycles. The Labute approximate surface area is 278 Å². The molecule has 264 valence electrons. The maximum Gasteiger partial charge on any atom is 0.0853 e. The summed E-state index contributed by atoms with van der Waals surface area (Å²) >= 11 is 0. The molecule has 0 spiro atoms. The maximum atomic E-state index is 2.37. The SMILES string of the molecule is CC[N+](CC)(CC)CC1C=CC=CC1.CC[N+](CC)(CC)CC1C=CC=CC1.CC[N+](CC)(CC)CC1C=CC=CC1.[F-].[F-].[F-]. The van der Waals surface area contributed by atoms with Crippen LogP contribution in [0.2, 0.25) is 0 Å². The molecule has 3 atom stereocenters. The van der Waals surface area contributed by atoms with Crippen molar-refractivity contribution in [3.63, 3.8) is 0 Å². The second-order valence-corrected chi connectivity index (χ2v) is 12.8. The number of hydrogen-bond donors (Lipinski definition) is 0. The van der Waals surface area contributed by atoms with Crippen molar-refractivity contribution in [2.24, 2.45) is 17.8 Å². The minimum atomic E-state index is 0. The number of hydrogen-bond acceptors (Lipinski definition) is 0. The van der Waals surface area contributed by atoms with Crippen molar-refractivity contribution in [3.05, 3.63) is 72.9 Å². The van der Waals surface area contributed by atoms with Gasteiger partial charge in [-0.2, -0.15) is 0 Å². The summed E-state index contributed by atoms with van der Waals surface area (Å²) in [4.78, 5) is 0. The zero-order chi connectivity index (χ0) is 31.3. The van der Waals surface area contributed by atoms with Gasteiger partial charge in [0, 0.05) is 17.8 Å². The molecule has 0 aromatic carbocycles. The number of quaternary nitrogens is 3. The van der Waals surface area contributed by atoms with Gasteiger partial charge in [-0.1, -0.05) is 72.9 Å². The van der Waals surface area contributed by atoms with E-state index >= 15 is 0 Å². The third kappa shape index (κ3) is 16.5. The van der Waals surface area contributed by atoms with E-state index in [1.807, 2.05) is 0 Å². The Morgan fingerprint density at radius 2 is 0.556 bits per heavy atom. The van der Waals surface area contributed by atoms with E-state index in [1.165, 1.54) is 111 Å². The minimum Gasteiger partial charge on any atom is -1.00 e. The highest BCUT2D eigenvalue weighted by atomic mass is 19.0. The van der Waals surface area contributed by atoms with Gasteiger partial charge < -0.3 is 27.6 Å². The van der Waals surface area contributed by atoms with Crippen LogP contribution in [0, 0.1) is 17.8 Å². The molecule has 45 heavy (non-hydrogen) atoms. The summed E-state index contributed by atoms with van der Waals surface area (Å²) in [5, 5.41) is 0. The summed E-state index contributed by atoms with van der Waals surface area (Å²) in [5.41, 5.74) is 0. The van der Waals surface area contributed by atoms with Gasteiger partial charge in [0.05, 0.1) is 78.5 Å². The molecule has 0 bridgehead atoms. The molecule has 0 radical (unpaired) electrons. The molecule has 3 aliphatic rings. The van der Waals surface area contributed by atoms with Crippen molar-refractivity contribution >= 4 is 0 Å². The molecule has 0 aliphatic heterocycles. The van der Waals surface area contributed by atoms with Crippen LogP contribution in [0.4, 0.5) is 0 Å². The number of halogens is 3. The molecule has 0 fully saturated rings. The van der Waals surface area contributed by atoms with Crippen LogP contribution >= 0.6 is 0 Å². The molecule has 0 N–H and O–H groups in total. The average Bonchev–Trinajstić information content (AvgIpc) is 3.07. The fourth-order valence-corrected chi connectivity index (χ4v) is 6.97. The Kier molecular flexibility index (Phi) is 27.7. The Morgan fingerprint density at radius 1 is 0.356 bits per heavy atom. The lowest BCUT2D eigenvalue weighted by atomic mass is 9.99. The van der Waals surface area contributed by atoms with E-state index in [4.69, 9.17) is 0 Å². The van der Waals surface area contributed by atoms with Crippen LogP contribution < -0.4 is 14.1 Å². The predicted molar refractivity (Wildman–Crippen MR) is 189 cm³/mol. The van der Waals surface area contributed by atoms with Crippen molar-refractivity contribution in [1.82, 2.24) is 0 Å². The van der Waals surface area contributed by atoms with E-state index in [0.717, 1.165) is 17.8 Å². The molecular weight excluding hydrogens is 567 g/mol. The van der Waals surface area contributed by atoms with E-state index in [0.29, 0.717) is 0 Å². The van der Waals surface area contributed by atoms with Crippen LogP contribution in [-0.4, -0.2) is 92.0 Å². The van der Waals surface area contributed by atoms with Gasteiger partial charge in [-0.3, -0.25) is 0 Å². The third-order valence-corrected chi connectivity index (χ3v) is 11.1. The Hall–Kier alpha value is -1.89. The van der Waals surface area contributed by atoms with E-state index in [2.05, 4.69) is 135 Å². The van der Waals surface area contributed by atoms with Crippen LogP contribution in [0.15, 0.2) is 72.9 Å². The van der Waals surface area contributed by atoms with Gasteiger partial charge in [0.1, 0.15) is 0 Å². The zero-order valence-corrected chi connectivity index (χ0v) is 30.7. The fourth-order valence-electron chi connectivity index (χ4n) is 6.97. The highest BCUT2D eigenvalue weighted by Crippen LogP contribution is 2.20. The molecule has 3 unspecified atom stereocenters. The minimum absolute atomic E-state index is 0. The van der Waals surface area contributed by atoms with Crippen molar-refractivity contribution < 1.29 is 27.6 Å². The first-order chi connectivity index (χ1) is 20.3. The van der Waals surface area contributed by atoms with E-state index in [-0.39, 0.29) is 14.1 Å². The molecule has 0 aromatic rings. The van der Waals surface area contributed by atoms with E-state index < -0.39 is 0 Å². The average molecular weight is 640 g/mol. The summed E-state index contributed by atoms with van der Waals surface area (Å²) in [6.45, 7) is 36.1. The summed E-state index contributed by atoms with van der Waals surface area (Å²) in [6, 6.07) is 0. The smallest absolute Gasteiger partial charge is 0.0853 e. The first-order valence-corrected chi connectivity index (χ1v) is 17.8. The second kappa shape index (κ2) is 26.2. The van der Waals surface area contributed by atoms with Crippen molar-refractivity contribution in [3.8, 4) is 0 Å². The van der Waals surface area contributed by atoms with Crippen LogP contribution in [0.1, 0.15) is 81.6 Å². The first kappa shape index (κ1) is 47.5. The van der Waals surface area contributed by atoms with Crippen molar-refractivity contribution in [2.75, 3.05) is 78.5 Å². The summed E-state index contributed by atoms with van der Waals surface area (Å²) in [7, 11) is 0. The topological polar surface area (TPSA) is 0 Å². The molecule has 0 saturated heterocycles. The summed E-state index contributed by atoms with van der Waals surface area (Å²) in [6.07, 6.45) is 30.8. The highest BCUT2D eigenvalue weighted by Gasteiger charge is 2.26. The van der Waals surface area contributed by atoms with Gasteiger partial charge in [0.15, 0.2) is 0 Å². The molecule has 3 aliphatic carbocycles. The Balaban J connectivity index is -0.000000569. The maximum absolute atomic E-state index is 2.37. The normalized spacial score (nSPS) is 20.1. The van der Waals surface area contributed by atoms with Gasteiger partial charge in [-0.25, -0.2) is 0 Å². The highest BCUT2D eigenvalue weighted by molar-refractivity contribution is 5.12. The van der Waals surface area contributed by atoms with Crippen LogP contribution in [0.3, 0.4) is 0 Å². The van der Waals surface area contributed by atoms with Crippen LogP contribution in [0.5, 0.6) is 0 Å². The lowest BCUT2D eigenvalue weighted by molar-refractivity contribution is -0.925. The van der Waals surface area contributed by atoms with E-state index in [9.17, 15) is 0 Å². The molecule has 0 aromatic heterocycles. The van der Waals surface area contributed by atoms with Gasteiger partial charge in [0.2, 0.25) is 0 Å². The molecule has 0 saturated carbocycles. The molecule has 3 nitrogen and oxygen atoms in total. The quantitative estimate of drug-likeness (QED) is 0.222. The van der Waals surface area contributed by atoms with E-state index in [1.54, 1.807) is 0 Å². The van der Waals surface area contributed by atoms with Gasteiger partial charge in [-0.05, 0) is 81.6 Å². The number of allylic oxidation sites excluding steroid dienone is 9. The lowest BCUT2D eigenvalue weighted by Gasteiger charge is -2.38. The first-order valence-electron chi connectivity index (χ1n) is 17.8. The Bertz CT molecular complexity index is 739. The Morgan fingerprint density at radius 3 is 0.689 bits per heavy atom. The van der Waals surface area contributed by atoms with Gasteiger partial charge in [-0.15, -0.1) is 0 Å². The monoisotopic (exact) mass is 640 g/mol. The zero-order valence-electron chi connectivity index (χ0n) is 30.7. The van der Waals surface area contributed by atoms with Crippen molar-refractivity contribution in [2.45, 2.75) is 81.6 Å². The standard InChI is InChI=1S/3C13H24N.3FH/c3*1-4-14(5-2,6-3)12-13-10-8-7-9-11-13;;;/h3*7-10,13H,4-6,11-12H2,1-3H3;3*1H/q3*+1;;;/p-3. The molecule has 3 rings (SSSR count). The van der Waals surface area contributed by atoms with Gasteiger partial charge >= 0.3 is 0 Å². The fraction of sp³-hybridized carbons (Fsp3) is 0.692. The lowest BCUT2D eigenvalue weighted by Crippen LogP contribution is -3.00. The van der Waals surface area contributed by atoms with Gasteiger partial charge in [0.25, 0.3) is 0 Å². The molecule has 6 heteroatoms. The largest absolute Gasteiger partial charge is 1.00 e. The molecule has 0 amide bonds. The number of rotatable bonds is 15. The summed E-state index contributed by atoms with van der Waals surface area (Å²) < 4.78 is 3.80. The third-order valence-electron chi connectivity index (χ3n) is 11.1. The molecular formula is C39H72F3N3. The number of nitrogens with zero attached hydrogens (tertiary/aromatic N) is 3. The van der Waals surface area contributed by atoms with Crippen LogP contribution in [-0.2, 0) is 0 Å². The van der Waals surface area contributed by atoms with Crippen molar-refractivity contribution in [1.29, 1.82) is 0 Å². The van der Waals surface area contributed by atoms with Crippen LogP contribution in [0.25, 0.3) is 0 Å². The predicted octanol–water partition coefficient (Wildman–Crippen LogP) is -0.00240. The summed E-state index contributed by atoms with van der Waals surface area (Å²) in [5.74, 6) is 2.29. The second-order valence-electron chi connectivity index (χ2n) is 12.8.